The first-order valence-electron chi connectivity index (χ1n) is 5.34. The predicted molar refractivity (Wildman–Crippen MR) is 62.7 cm³/mol. The summed E-state index contributed by atoms with van der Waals surface area (Å²) in [5, 5.41) is 11.3. The second-order valence-corrected chi connectivity index (χ2v) is 3.94. The summed E-state index contributed by atoms with van der Waals surface area (Å²) in [6.07, 6.45) is 0.380. The number of amides is 1. The van der Waals surface area contributed by atoms with Crippen LogP contribution in [0.2, 0.25) is 0 Å². The Bertz CT molecular complexity index is 407. The molecule has 16 heavy (non-hydrogen) atoms. The summed E-state index contributed by atoms with van der Waals surface area (Å²) in [4.78, 5) is 11.6. The molecule has 0 aliphatic carbocycles. The molecule has 84 valence electrons. The Morgan fingerprint density at radius 1 is 1.50 bits per heavy atom. The predicted octanol–water partition coefficient (Wildman–Crippen LogP) is 1.81. The average Bonchev–Trinajstić information content (AvgIpc) is 2.29. The van der Waals surface area contributed by atoms with Gasteiger partial charge in [-0.1, -0.05) is 24.3 Å². The van der Waals surface area contributed by atoms with Crippen LogP contribution in [0.25, 0.3) is 0 Å². The molecule has 0 saturated carbocycles. The number of nitrogens with one attached hydrogen (secondary N) is 1. The normalized spacial score (nSPS) is 11.6. The first kappa shape index (κ1) is 12.3. The van der Waals surface area contributed by atoms with Crippen LogP contribution in [0.1, 0.15) is 18.1 Å². The number of benzene rings is 1. The van der Waals surface area contributed by atoms with Crippen LogP contribution in [0, 0.1) is 24.2 Å². The van der Waals surface area contributed by atoms with Crippen molar-refractivity contribution in [1.29, 1.82) is 5.26 Å². The average molecular weight is 216 g/mol. The highest BCUT2D eigenvalue weighted by atomic mass is 16.1. The number of carbonyl (C=O) groups is 1. The zero-order chi connectivity index (χ0) is 12.0. The molecule has 0 spiro atoms. The Hall–Kier alpha value is -1.82. The number of hydrogen-bond acceptors (Lipinski definition) is 2. The van der Waals surface area contributed by atoms with E-state index in [1.54, 1.807) is 6.92 Å². The van der Waals surface area contributed by atoms with Gasteiger partial charge in [0.1, 0.15) is 0 Å². The molecule has 0 heterocycles. The first-order chi connectivity index (χ1) is 7.63. The summed E-state index contributed by atoms with van der Waals surface area (Å²) in [5.41, 5.74) is 2.15. The smallest absolute Gasteiger partial charge is 0.224 e. The van der Waals surface area contributed by atoms with Crippen LogP contribution in [0.5, 0.6) is 0 Å². The van der Waals surface area contributed by atoms with E-state index in [9.17, 15) is 4.79 Å². The van der Waals surface area contributed by atoms with E-state index in [4.69, 9.17) is 5.26 Å². The van der Waals surface area contributed by atoms with Gasteiger partial charge >= 0.3 is 0 Å². The molecule has 0 aliphatic rings. The molecule has 0 aliphatic heterocycles. The van der Waals surface area contributed by atoms with Gasteiger partial charge in [-0.05, 0) is 25.0 Å². The van der Waals surface area contributed by atoms with Crippen molar-refractivity contribution in [2.45, 2.75) is 20.3 Å². The molecule has 0 saturated heterocycles. The number of aryl methyl sites for hydroxylation is 1. The van der Waals surface area contributed by atoms with Crippen LogP contribution in [0.4, 0.5) is 0 Å². The monoisotopic (exact) mass is 216 g/mol. The Morgan fingerprint density at radius 2 is 2.19 bits per heavy atom. The van der Waals surface area contributed by atoms with Gasteiger partial charge in [-0.2, -0.15) is 5.26 Å². The van der Waals surface area contributed by atoms with E-state index in [0.29, 0.717) is 13.0 Å². The number of hydrogen-bond donors (Lipinski definition) is 1. The zero-order valence-corrected chi connectivity index (χ0v) is 9.66. The molecule has 0 radical (unpaired) electrons. The van der Waals surface area contributed by atoms with Crippen LogP contribution in [-0.2, 0) is 11.2 Å². The highest BCUT2D eigenvalue weighted by Gasteiger charge is 2.06. The summed E-state index contributed by atoms with van der Waals surface area (Å²) in [6, 6.07) is 9.89. The summed E-state index contributed by atoms with van der Waals surface area (Å²) in [7, 11) is 0. The summed E-state index contributed by atoms with van der Waals surface area (Å²) < 4.78 is 0. The SMILES string of the molecule is Cc1ccccc1CC(=O)NCC(C)C#N. The van der Waals surface area contributed by atoms with E-state index in [0.717, 1.165) is 11.1 Å². The maximum Gasteiger partial charge on any atom is 0.224 e. The van der Waals surface area contributed by atoms with Crippen molar-refractivity contribution in [3.05, 3.63) is 35.4 Å². The molecule has 0 aromatic heterocycles. The third-order valence-corrected chi connectivity index (χ3v) is 2.44. The van der Waals surface area contributed by atoms with Gasteiger partial charge in [-0.25, -0.2) is 0 Å². The lowest BCUT2D eigenvalue weighted by Crippen LogP contribution is -2.29. The number of carbonyl (C=O) groups excluding carboxylic acids is 1. The van der Waals surface area contributed by atoms with Gasteiger partial charge in [-0.3, -0.25) is 4.79 Å². The molecule has 3 heteroatoms. The topological polar surface area (TPSA) is 52.9 Å². The lowest BCUT2D eigenvalue weighted by molar-refractivity contribution is -0.120. The van der Waals surface area contributed by atoms with E-state index >= 15 is 0 Å². The molecule has 1 N–H and O–H groups in total. The molecule has 1 aromatic rings. The molecule has 0 bridgehead atoms. The maximum absolute atomic E-state index is 11.6. The second-order valence-electron chi connectivity index (χ2n) is 3.94. The van der Waals surface area contributed by atoms with Crippen LogP contribution in [-0.4, -0.2) is 12.5 Å². The zero-order valence-electron chi connectivity index (χ0n) is 9.66. The highest BCUT2D eigenvalue weighted by Crippen LogP contribution is 2.07. The summed E-state index contributed by atoms with van der Waals surface area (Å²) in [5.74, 6) is -0.169. The fraction of sp³-hybridized carbons (Fsp3) is 0.385. The fourth-order valence-electron chi connectivity index (χ4n) is 1.36. The van der Waals surface area contributed by atoms with Crippen molar-refractivity contribution in [2.24, 2.45) is 5.92 Å². The lowest BCUT2D eigenvalue weighted by atomic mass is 10.1. The molecule has 1 amide bonds. The van der Waals surface area contributed by atoms with Gasteiger partial charge in [-0.15, -0.1) is 0 Å². The minimum atomic E-state index is -0.138. The van der Waals surface area contributed by atoms with Gasteiger partial charge in [0.25, 0.3) is 0 Å². The Balaban J connectivity index is 2.47. The largest absolute Gasteiger partial charge is 0.355 e. The number of rotatable bonds is 4. The molecular formula is C13H16N2O. The van der Waals surface area contributed by atoms with Gasteiger partial charge < -0.3 is 5.32 Å². The van der Waals surface area contributed by atoms with Gasteiger partial charge in [0.05, 0.1) is 18.4 Å². The standard InChI is InChI=1S/C13H16N2O/c1-10(8-14)9-15-13(16)7-12-6-4-3-5-11(12)2/h3-6,10H,7,9H2,1-2H3,(H,15,16). The van der Waals surface area contributed by atoms with Gasteiger partial charge in [0, 0.05) is 6.54 Å². The minimum absolute atomic E-state index is 0.0311. The van der Waals surface area contributed by atoms with Crippen molar-refractivity contribution >= 4 is 5.91 Å². The summed E-state index contributed by atoms with van der Waals surface area (Å²) >= 11 is 0. The third kappa shape index (κ3) is 3.74. The molecule has 1 aromatic carbocycles. The van der Waals surface area contributed by atoms with E-state index < -0.39 is 0 Å². The molecule has 1 rings (SSSR count). The van der Waals surface area contributed by atoms with E-state index in [1.165, 1.54) is 0 Å². The van der Waals surface area contributed by atoms with Crippen molar-refractivity contribution in [3.63, 3.8) is 0 Å². The van der Waals surface area contributed by atoms with Gasteiger partial charge in [0.2, 0.25) is 5.91 Å². The maximum atomic E-state index is 11.6. The molecule has 1 unspecified atom stereocenters. The lowest BCUT2D eigenvalue weighted by Gasteiger charge is -2.07. The fourth-order valence-corrected chi connectivity index (χ4v) is 1.36. The van der Waals surface area contributed by atoms with Crippen molar-refractivity contribution < 1.29 is 4.79 Å². The van der Waals surface area contributed by atoms with Crippen molar-refractivity contribution in [3.8, 4) is 6.07 Å². The Labute approximate surface area is 96.1 Å². The number of nitrogens with zero attached hydrogens (tertiary/aromatic N) is 1. The number of nitriles is 1. The quantitative estimate of drug-likeness (QED) is 0.834. The van der Waals surface area contributed by atoms with E-state index in [-0.39, 0.29) is 11.8 Å². The second kappa shape index (κ2) is 5.92. The molecular weight excluding hydrogens is 200 g/mol. The van der Waals surface area contributed by atoms with Gasteiger partial charge in [0.15, 0.2) is 0 Å². The first-order valence-corrected chi connectivity index (χ1v) is 5.34. The third-order valence-electron chi connectivity index (χ3n) is 2.44. The van der Waals surface area contributed by atoms with E-state index in [2.05, 4.69) is 11.4 Å². The highest BCUT2D eigenvalue weighted by molar-refractivity contribution is 5.78. The molecule has 0 fully saturated rings. The molecule has 1 atom stereocenters. The van der Waals surface area contributed by atoms with Crippen LogP contribution < -0.4 is 5.32 Å². The van der Waals surface area contributed by atoms with E-state index in [1.807, 2.05) is 31.2 Å². The van der Waals surface area contributed by atoms with Crippen molar-refractivity contribution in [1.82, 2.24) is 5.32 Å². The van der Waals surface area contributed by atoms with Crippen LogP contribution in [0.15, 0.2) is 24.3 Å². The Kier molecular flexibility index (Phi) is 4.53. The molecule has 3 nitrogen and oxygen atoms in total. The Morgan fingerprint density at radius 3 is 2.81 bits per heavy atom. The minimum Gasteiger partial charge on any atom is -0.355 e. The van der Waals surface area contributed by atoms with Crippen LogP contribution >= 0.6 is 0 Å². The van der Waals surface area contributed by atoms with Crippen molar-refractivity contribution in [2.75, 3.05) is 6.54 Å². The van der Waals surface area contributed by atoms with Crippen LogP contribution in [0.3, 0.4) is 0 Å². The summed E-state index contributed by atoms with van der Waals surface area (Å²) in [6.45, 7) is 4.19.